The lowest BCUT2D eigenvalue weighted by Crippen LogP contribution is -2.05. The molecule has 2 heterocycles. The molecule has 5 nitrogen and oxygen atoms in total. The molecule has 4 rings (SSSR count). The van der Waals surface area contributed by atoms with Gasteiger partial charge in [-0.15, -0.1) is 11.3 Å². The minimum absolute atomic E-state index is 0.302. The van der Waals surface area contributed by atoms with Gasteiger partial charge in [-0.25, -0.2) is 14.8 Å². The van der Waals surface area contributed by atoms with Crippen molar-refractivity contribution in [3.63, 3.8) is 0 Å². The van der Waals surface area contributed by atoms with E-state index in [1.54, 1.807) is 29.8 Å². The van der Waals surface area contributed by atoms with Gasteiger partial charge in [-0.1, -0.05) is 25.1 Å². The van der Waals surface area contributed by atoms with Gasteiger partial charge in [0.05, 0.1) is 17.6 Å². The molecule has 0 unspecified atom stereocenters. The van der Waals surface area contributed by atoms with Crippen LogP contribution in [0.25, 0.3) is 21.3 Å². The lowest BCUT2D eigenvalue weighted by molar-refractivity contribution is 0.0505. The quantitative estimate of drug-likeness (QED) is 0.349. The molecule has 0 aliphatic rings. The van der Waals surface area contributed by atoms with E-state index in [2.05, 4.69) is 54.3 Å². The van der Waals surface area contributed by atoms with Crippen LogP contribution < -0.4 is 5.32 Å². The predicted molar refractivity (Wildman–Crippen MR) is 127 cm³/mol. The maximum Gasteiger partial charge on any atom is 0.338 e. The van der Waals surface area contributed by atoms with Crippen molar-refractivity contribution in [3.05, 3.63) is 70.4 Å². The van der Waals surface area contributed by atoms with E-state index in [0.717, 1.165) is 33.7 Å². The van der Waals surface area contributed by atoms with Crippen LogP contribution >= 0.6 is 11.3 Å². The van der Waals surface area contributed by atoms with Crippen molar-refractivity contribution in [2.24, 2.45) is 0 Å². The van der Waals surface area contributed by atoms with Crippen LogP contribution in [0.3, 0.4) is 0 Å². The Morgan fingerprint density at radius 1 is 1.03 bits per heavy atom. The number of nitrogens with one attached hydrogen (secondary N) is 1. The fraction of sp³-hybridized carbons (Fsp3) is 0.240. The van der Waals surface area contributed by atoms with Crippen LogP contribution in [0.4, 0.5) is 11.5 Å². The zero-order chi connectivity index (χ0) is 22.0. The number of fused-ring (bicyclic) bond motifs is 1. The van der Waals surface area contributed by atoms with E-state index in [1.807, 2.05) is 19.1 Å². The van der Waals surface area contributed by atoms with Crippen LogP contribution in [0.15, 0.2) is 48.8 Å². The number of aromatic nitrogens is 2. The summed E-state index contributed by atoms with van der Waals surface area (Å²) in [5.74, 6) is 0.451. The molecule has 1 N–H and O–H groups in total. The molecule has 0 spiro atoms. The number of carbonyl (C=O) groups is 1. The molecule has 2 aromatic heterocycles. The second-order valence-electron chi connectivity index (χ2n) is 7.57. The summed E-state index contributed by atoms with van der Waals surface area (Å²) in [7, 11) is 0. The molecular weight excluding hydrogens is 406 g/mol. The van der Waals surface area contributed by atoms with Crippen molar-refractivity contribution in [1.82, 2.24) is 9.97 Å². The molecule has 0 atom stereocenters. The SMILES string of the molecule is CCCOC(=O)c1ccc(Nc2ncnc3sc(C)c(-c4ccc(C)c(C)c4)c23)cc1. The summed E-state index contributed by atoms with van der Waals surface area (Å²) in [4.78, 5) is 23.2. The molecule has 0 aliphatic carbocycles. The lowest BCUT2D eigenvalue weighted by Gasteiger charge is -2.11. The Hall–Kier alpha value is -3.25. The Morgan fingerprint density at radius 3 is 2.52 bits per heavy atom. The molecule has 158 valence electrons. The van der Waals surface area contributed by atoms with E-state index in [9.17, 15) is 4.79 Å². The Bertz CT molecular complexity index is 1250. The first-order valence-corrected chi connectivity index (χ1v) is 11.2. The largest absolute Gasteiger partial charge is 0.462 e. The van der Waals surface area contributed by atoms with Gasteiger partial charge in [0.15, 0.2) is 0 Å². The second-order valence-corrected chi connectivity index (χ2v) is 8.78. The van der Waals surface area contributed by atoms with E-state index >= 15 is 0 Å². The molecule has 0 radical (unpaired) electrons. The number of rotatable bonds is 6. The lowest BCUT2D eigenvalue weighted by atomic mass is 9.99. The maximum absolute atomic E-state index is 12.0. The van der Waals surface area contributed by atoms with Gasteiger partial charge in [0.2, 0.25) is 0 Å². The molecule has 0 bridgehead atoms. The number of esters is 1. The van der Waals surface area contributed by atoms with Crippen LogP contribution in [-0.2, 0) is 4.74 Å². The topological polar surface area (TPSA) is 64.1 Å². The number of ether oxygens (including phenoxy) is 1. The fourth-order valence-electron chi connectivity index (χ4n) is 3.49. The highest BCUT2D eigenvalue weighted by molar-refractivity contribution is 7.19. The van der Waals surface area contributed by atoms with Gasteiger partial charge < -0.3 is 10.1 Å². The number of carbonyl (C=O) groups excluding carboxylic acids is 1. The Labute approximate surface area is 186 Å². The molecule has 0 amide bonds. The summed E-state index contributed by atoms with van der Waals surface area (Å²) in [5.41, 5.74) is 6.24. The highest BCUT2D eigenvalue weighted by atomic mass is 32.1. The number of thiophene rings is 1. The van der Waals surface area contributed by atoms with Gasteiger partial charge in [-0.2, -0.15) is 0 Å². The minimum atomic E-state index is -0.302. The van der Waals surface area contributed by atoms with E-state index in [-0.39, 0.29) is 5.97 Å². The third-order valence-corrected chi connectivity index (χ3v) is 6.29. The molecule has 0 fully saturated rings. The molecule has 2 aromatic carbocycles. The average molecular weight is 432 g/mol. The Balaban J connectivity index is 1.70. The standard InChI is InChI=1S/C25H25N3O2S/c1-5-12-30-25(29)18-8-10-20(11-9-18)28-23-22-21(17(4)31-24(22)27-14-26-23)19-7-6-15(2)16(3)13-19/h6-11,13-14H,5,12H2,1-4H3,(H,26,27,28). The van der Waals surface area contributed by atoms with Gasteiger partial charge in [0, 0.05) is 16.1 Å². The first-order valence-electron chi connectivity index (χ1n) is 10.3. The van der Waals surface area contributed by atoms with E-state index in [4.69, 9.17) is 4.74 Å². The Morgan fingerprint density at radius 2 is 1.81 bits per heavy atom. The number of benzene rings is 2. The van der Waals surface area contributed by atoms with Crippen molar-refractivity contribution in [2.75, 3.05) is 11.9 Å². The predicted octanol–water partition coefficient (Wildman–Crippen LogP) is 6.59. The van der Waals surface area contributed by atoms with E-state index < -0.39 is 0 Å². The monoisotopic (exact) mass is 431 g/mol. The molecule has 4 aromatic rings. The van der Waals surface area contributed by atoms with Crippen LogP contribution in [0.2, 0.25) is 0 Å². The first kappa shape index (κ1) is 21.0. The molecular formula is C25H25N3O2S. The Kier molecular flexibility index (Phi) is 6.00. The normalized spacial score (nSPS) is 11.0. The number of hydrogen-bond acceptors (Lipinski definition) is 6. The molecule has 0 saturated carbocycles. The molecule has 0 aliphatic heterocycles. The van der Waals surface area contributed by atoms with Crippen LogP contribution in [0, 0.1) is 20.8 Å². The van der Waals surface area contributed by atoms with Gasteiger partial charge >= 0.3 is 5.97 Å². The minimum Gasteiger partial charge on any atom is -0.462 e. The summed E-state index contributed by atoms with van der Waals surface area (Å²) < 4.78 is 5.20. The van der Waals surface area contributed by atoms with E-state index in [1.165, 1.54) is 21.6 Å². The molecule has 6 heteroatoms. The molecule has 31 heavy (non-hydrogen) atoms. The van der Waals surface area contributed by atoms with Gasteiger partial charge in [0.1, 0.15) is 17.0 Å². The number of aryl methyl sites for hydroxylation is 3. The summed E-state index contributed by atoms with van der Waals surface area (Å²) in [6, 6.07) is 13.8. The van der Waals surface area contributed by atoms with Gasteiger partial charge in [-0.05, 0) is 68.1 Å². The highest BCUT2D eigenvalue weighted by Gasteiger charge is 2.17. The van der Waals surface area contributed by atoms with Crippen LogP contribution in [0.1, 0.15) is 39.7 Å². The zero-order valence-electron chi connectivity index (χ0n) is 18.2. The third-order valence-electron chi connectivity index (χ3n) is 5.28. The highest BCUT2D eigenvalue weighted by Crippen LogP contribution is 2.41. The number of hydrogen-bond donors (Lipinski definition) is 1. The zero-order valence-corrected chi connectivity index (χ0v) is 19.0. The van der Waals surface area contributed by atoms with E-state index in [0.29, 0.717) is 12.2 Å². The van der Waals surface area contributed by atoms with Crippen molar-refractivity contribution in [2.45, 2.75) is 34.1 Å². The summed E-state index contributed by atoms with van der Waals surface area (Å²) >= 11 is 1.67. The van der Waals surface area contributed by atoms with Crippen molar-refractivity contribution in [3.8, 4) is 11.1 Å². The average Bonchev–Trinajstić information content (AvgIpc) is 3.11. The second kappa shape index (κ2) is 8.86. The first-order chi connectivity index (χ1) is 15.0. The number of nitrogens with zero attached hydrogens (tertiary/aromatic N) is 2. The summed E-state index contributed by atoms with van der Waals surface area (Å²) in [6.07, 6.45) is 2.39. The van der Waals surface area contributed by atoms with Crippen LogP contribution in [-0.4, -0.2) is 22.5 Å². The summed E-state index contributed by atoms with van der Waals surface area (Å²) in [5, 5.41) is 4.42. The van der Waals surface area contributed by atoms with Crippen molar-refractivity contribution >= 4 is 39.0 Å². The fourth-order valence-corrected chi connectivity index (χ4v) is 4.50. The number of anilines is 2. The van der Waals surface area contributed by atoms with Crippen molar-refractivity contribution < 1.29 is 9.53 Å². The van der Waals surface area contributed by atoms with Gasteiger partial charge in [0.25, 0.3) is 0 Å². The van der Waals surface area contributed by atoms with Crippen molar-refractivity contribution in [1.29, 1.82) is 0 Å². The maximum atomic E-state index is 12.0. The third kappa shape index (κ3) is 4.30. The van der Waals surface area contributed by atoms with Crippen LogP contribution in [0.5, 0.6) is 0 Å². The van der Waals surface area contributed by atoms with Gasteiger partial charge in [-0.3, -0.25) is 0 Å². The summed E-state index contributed by atoms with van der Waals surface area (Å²) in [6.45, 7) is 8.77. The smallest absolute Gasteiger partial charge is 0.338 e. The molecule has 0 saturated heterocycles.